The Labute approximate surface area is 111 Å². The van der Waals surface area contributed by atoms with Crippen molar-refractivity contribution in [1.82, 2.24) is 19.9 Å². The predicted octanol–water partition coefficient (Wildman–Crippen LogP) is 2.83. The molecule has 1 saturated carbocycles. The maximum absolute atomic E-state index is 4.51. The molecule has 96 valence electrons. The molecule has 2 heterocycles. The van der Waals surface area contributed by atoms with Gasteiger partial charge < -0.3 is 9.88 Å². The summed E-state index contributed by atoms with van der Waals surface area (Å²) in [5.74, 6) is 0. The van der Waals surface area contributed by atoms with Crippen LogP contribution < -0.4 is 5.32 Å². The fraction of sp³-hybridized carbons (Fsp3) is 0.538. The van der Waals surface area contributed by atoms with E-state index >= 15 is 0 Å². The first-order chi connectivity index (χ1) is 8.74. The van der Waals surface area contributed by atoms with Gasteiger partial charge in [-0.3, -0.25) is 0 Å². The van der Waals surface area contributed by atoms with Gasteiger partial charge in [0.25, 0.3) is 0 Å². The van der Waals surface area contributed by atoms with Crippen LogP contribution in [0.4, 0.5) is 0 Å². The van der Waals surface area contributed by atoms with Crippen molar-refractivity contribution in [3.8, 4) is 0 Å². The van der Waals surface area contributed by atoms with E-state index in [4.69, 9.17) is 0 Å². The van der Waals surface area contributed by atoms with E-state index in [1.54, 1.807) is 11.3 Å². The minimum absolute atomic E-state index is 0.297. The van der Waals surface area contributed by atoms with Crippen LogP contribution in [-0.2, 0) is 6.54 Å². The standard InChI is InChI=1S/C13H18N4S/c1-9-7-18-13(16-9)10(2)15-6-12-5-14-8-17(12)11-3-4-11/h5,7-8,10-11,15H,3-4,6H2,1-2H3. The lowest BCUT2D eigenvalue weighted by atomic mass is 10.3. The SMILES string of the molecule is Cc1csc(C(C)NCc2cncn2C2CC2)n1. The summed E-state index contributed by atoms with van der Waals surface area (Å²) in [4.78, 5) is 8.76. The molecule has 3 rings (SSSR count). The van der Waals surface area contributed by atoms with Crippen molar-refractivity contribution in [2.75, 3.05) is 0 Å². The first kappa shape index (κ1) is 11.9. The summed E-state index contributed by atoms with van der Waals surface area (Å²) in [5, 5.41) is 6.78. The second-order valence-corrected chi connectivity index (χ2v) is 5.84. The lowest BCUT2D eigenvalue weighted by Crippen LogP contribution is -2.19. The molecule has 1 aliphatic carbocycles. The molecule has 18 heavy (non-hydrogen) atoms. The molecule has 0 aromatic carbocycles. The quantitative estimate of drug-likeness (QED) is 0.901. The molecule has 1 aliphatic rings. The number of nitrogens with one attached hydrogen (secondary N) is 1. The van der Waals surface area contributed by atoms with Gasteiger partial charge in [0.05, 0.1) is 18.1 Å². The Morgan fingerprint density at radius 2 is 2.39 bits per heavy atom. The number of aromatic nitrogens is 3. The number of imidazole rings is 1. The lowest BCUT2D eigenvalue weighted by Gasteiger charge is -2.12. The Kier molecular flexibility index (Phi) is 3.18. The molecule has 2 aromatic heterocycles. The third-order valence-corrected chi connectivity index (χ3v) is 4.43. The highest BCUT2D eigenvalue weighted by atomic mass is 32.1. The van der Waals surface area contributed by atoms with Crippen LogP contribution in [0.15, 0.2) is 17.9 Å². The second kappa shape index (κ2) is 4.82. The molecule has 0 saturated heterocycles. The van der Waals surface area contributed by atoms with Crippen LogP contribution in [0.1, 0.15) is 48.2 Å². The van der Waals surface area contributed by atoms with Gasteiger partial charge in [-0.1, -0.05) is 0 Å². The summed E-state index contributed by atoms with van der Waals surface area (Å²) in [6.45, 7) is 5.06. The van der Waals surface area contributed by atoms with Crippen molar-refractivity contribution >= 4 is 11.3 Å². The summed E-state index contributed by atoms with van der Waals surface area (Å²) >= 11 is 1.72. The van der Waals surface area contributed by atoms with Crippen LogP contribution in [0.3, 0.4) is 0 Å². The lowest BCUT2D eigenvalue weighted by molar-refractivity contribution is 0.544. The van der Waals surface area contributed by atoms with E-state index in [2.05, 4.69) is 32.2 Å². The van der Waals surface area contributed by atoms with Gasteiger partial charge >= 0.3 is 0 Å². The van der Waals surface area contributed by atoms with Crippen molar-refractivity contribution < 1.29 is 0 Å². The summed E-state index contributed by atoms with van der Waals surface area (Å²) in [5.41, 5.74) is 2.38. The molecule has 0 radical (unpaired) electrons. The Balaban J connectivity index is 1.61. The molecule has 1 atom stereocenters. The minimum Gasteiger partial charge on any atom is -0.330 e. The zero-order valence-corrected chi connectivity index (χ0v) is 11.6. The molecule has 0 spiro atoms. The molecule has 0 aliphatic heterocycles. The van der Waals surface area contributed by atoms with Gasteiger partial charge in [-0.05, 0) is 26.7 Å². The second-order valence-electron chi connectivity index (χ2n) is 4.95. The molecule has 0 bridgehead atoms. The van der Waals surface area contributed by atoms with Gasteiger partial charge in [-0.15, -0.1) is 11.3 Å². The zero-order chi connectivity index (χ0) is 12.5. The predicted molar refractivity (Wildman–Crippen MR) is 72.6 cm³/mol. The summed E-state index contributed by atoms with van der Waals surface area (Å²) in [7, 11) is 0. The Bertz CT molecular complexity index is 527. The zero-order valence-electron chi connectivity index (χ0n) is 10.8. The van der Waals surface area contributed by atoms with E-state index in [0.717, 1.165) is 17.2 Å². The van der Waals surface area contributed by atoms with Crippen molar-refractivity contribution in [2.45, 2.75) is 45.3 Å². The topological polar surface area (TPSA) is 42.7 Å². The maximum Gasteiger partial charge on any atom is 0.110 e. The van der Waals surface area contributed by atoms with Crippen molar-refractivity contribution in [1.29, 1.82) is 0 Å². The Hall–Kier alpha value is -1.20. The van der Waals surface area contributed by atoms with E-state index in [0.29, 0.717) is 12.1 Å². The van der Waals surface area contributed by atoms with Crippen molar-refractivity contribution in [3.63, 3.8) is 0 Å². The van der Waals surface area contributed by atoms with E-state index < -0.39 is 0 Å². The fourth-order valence-electron chi connectivity index (χ4n) is 2.07. The maximum atomic E-state index is 4.51. The molecule has 0 amide bonds. The average Bonchev–Trinajstić information content (AvgIpc) is 2.94. The highest BCUT2D eigenvalue weighted by Gasteiger charge is 2.25. The number of aryl methyl sites for hydroxylation is 1. The third kappa shape index (κ3) is 2.47. The van der Waals surface area contributed by atoms with Crippen LogP contribution in [0.5, 0.6) is 0 Å². The van der Waals surface area contributed by atoms with E-state index in [1.165, 1.54) is 18.5 Å². The molecule has 2 aromatic rings. The molecule has 4 nitrogen and oxygen atoms in total. The number of hydrogen-bond acceptors (Lipinski definition) is 4. The van der Waals surface area contributed by atoms with Gasteiger partial charge in [0.2, 0.25) is 0 Å². The van der Waals surface area contributed by atoms with E-state index in [1.807, 2.05) is 19.4 Å². The van der Waals surface area contributed by atoms with Crippen LogP contribution in [-0.4, -0.2) is 14.5 Å². The van der Waals surface area contributed by atoms with Crippen LogP contribution in [0.2, 0.25) is 0 Å². The molecular formula is C13H18N4S. The minimum atomic E-state index is 0.297. The van der Waals surface area contributed by atoms with Crippen molar-refractivity contribution in [2.24, 2.45) is 0 Å². The fourth-order valence-corrected chi connectivity index (χ4v) is 2.89. The van der Waals surface area contributed by atoms with Gasteiger partial charge in [-0.2, -0.15) is 0 Å². The van der Waals surface area contributed by atoms with Gasteiger partial charge in [0, 0.05) is 29.9 Å². The van der Waals surface area contributed by atoms with E-state index in [9.17, 15) is 0 Å². The molecular weight excluding hydrogens is 244 g/mol. The van der Waals surface area contributed by atoms with E-state index in [-0.39, 0.29) is 0 Å². The highest BCUT2D eigenvalue weighted by Crippen LogP contribution is 2.35. The molecule has 1 unspecified atom stereocenters. The monoisotopic (exact) mass is 262 g/mol. The Morgan fingerprint density at radius 1 is 1.56 bits per heavy atom. The summed E-state index contributed by atoms with van der Waals surface area (Å²) in [6.07, 6.45) is 6.51. The van der Waals surface area contributed by atoms with Crippen LogP contribution in [0, 0.1) is 6.92 Å². The highest BCUT2D eigenvalue weighted by molar-refractivity contribution is 7.09. The number of thiazole rings is 1. The normalized spacial score (nSPS) is 17.0. The van der Waals surface area contributed by atoms with Gasteiger partial charge in [-0.25, -0.2) is 9.97 Å². The first-order valence-corrected chi connectivity index (χ1v) is 7.28. The molecule has 1 fully saturated rings. The van der Waals surface area contributed by atoms with Crippen LogP contribution >= 0.6 is 11.3 Å². The molecule has 5 heteroatoms. The first-order valence-electron chi connectivity index (χ1n) is 6.40. The number of hydrogen-bond donors (Lipinski definition) is 1. The molecule has 1 N–H and O–H groups in total. The van der Waals surface area contributed by atoms with Crippen molar-refractivity contribution in [3.05, 3.63) is 34.3 Å². The average molecular weight is 262 g/mol. The largest absolute Gasteiger partial charge is 0.330 e. The smallest absolute Gasteiger partial charge is 0.110 e. The Morgan fingerprint density at radius 3 is 3.06 bits per heavy atom. The summed E-state index contributed by atoms with van der Waals surface area (Å²) < 4.78 is 2.30. The van der Waals surface area contributed by atoms with Crippen LogP contribution in [0.25, 0.3) is 0 Å². The van der Waals surface area contributed by atoms with Gasteiger partial charge in [0.1, 0.15) is 5.01 Å². The number of nitrogens with zero attached hydrogens (tertiary/aromatic N) is 3. The number of rotatable bonds is 5. The summed E-state index contributed by atoms with van der Waals surface area (Å²) in [6, 6.07) is 0.993. The third-order valence-electron chi connectivity index (χ3n) is 3.28. The van der Waals surface area contributed by atoms with Gasteiger partial charge in [0.15, 0.2) is 0 Å².